The number of hydrogen-bond donors (Lipinski definition) is 2. The zero-order valence-corrected chi connectivity index (χ0v) is 16.1. The fourth-order valence-corrected chi connectivity index (χ4v) is 4.75. The lowest BCUT2D eigenvalue weighted by Crippen LogP contribution is -2.15. The monoisotopic (exact) mass is 399 g/mol. The first-order valence-corrected chi connectivity index (χ1v) is 10.1. The van der Waals surface area contributed by atoms with Crippen LogP contribution in [0.1, 0.15) is 81.8 Å². The minimum absolute atomic E-state index is 0.103. The van der Waals surface area contributed by atoms with E-state index < -0.39 is 29.1 Å². The quantitative estimate of drug-likeness (QED) is 0.721. The number of aromatic carboxylic acids is 1. The summed E-state index contributed by atoms with van der Waals surface area (Å²) in [5.74, 6) is -4.01. The van der Waals surface area contributed by atoms with Gasteiger partial charge in [-0.2, -0.15) is 0 Å². The van der Waals surface area contributed by atoms with E-state index in [1.165, 1.54) is 42.4 Å². The van der Waals surface area contributed by atoms with Crippen molar-refractivity contribution in [1.29, 1.82) is 0 Å². The number of aryl methyl sites for hydroxylation is 2. The summed E-state index contributed by atoms with van der Waals surface area (Å²) >= 11 is 0. The zero-order chi connectivity index (χ0) is 20.5. The SMILES string of the molecule is O=C(Nc1cc(F)c(C(=O)O)c(F)c1)c1cc2c3c(c1)CCCCC3CCCC2. The molecule has 1 amide bonds. The van der Waals surface area contributed by atoms with Gasteiger partial charge in [0.2, 0.25) is 0 Å². The first kappa shape index (κ1) is 19.6. The molecule has 2 aliphatic rings. The lowest BCUT2D eigenvalue weighted by atomic mass is 9.86. The number of nitrogens with one attached hydrogen (secondary N) is 1. The van der Waals surface area contributed by atoms with Crippen LogP contribution in [0.4, 0.5) is 14.5 Å². The van der Waals surface area contributed by atoms with E-state index in [1.54, 1.807) is 0 Å². The molecule has 4 nitrogen and oxygen atoms in total. The van der Waals surface area contributed by atoms with Crippen molar-refractivity contribution in [2.75, 3.05) is 5.32 Å². The number of hydrogen-bond acceptors (Lipinski definition) is 2. The highest BCUT2D eigenvalue weighted by Crippen LogP contribution is 2.40. The molecule has 0 unspecified atom stereocenters. The molecule has 0 spiro atoms. The van der Waals surface area contributed by atoms with Crippen molar-refractivity contribution in [2.45, 2.75) is 57.3 Å². The van der Waals surface area contributed by atoms with Crippen LogP contribution in [0, 0.1) is 11.6 Å². The Balaban J connectivity index is 1.66. The largest absolute Gasteiger partial charge is 0.477 e. The number of carboxylic acids is 1. The molecule has 0 aliphatic heterocycles. The second kappa shape index (κ2) is 7.93. The van der Waals surface area contributed by atoms with Gasteiger partial charge in [0.15, 0.2) is 0 Å². The summed E-state index contributed by atoms with van der Waals surface area (Å²) in [5, 5.41) is 11.4. The Morgan fingerprint density at radius 1 is 0.897 bits per heavy atom. The molecule has 0 fully saturated rings. The summed E-state index contributed by atoms with van der Waals surface area (Å²) in [6.45, 7) is 0. The van der Waals surface area contributed by atoms with Crippen LogP contribution in [0.15, 0.2) is 24.3 Å². The van der Waals surface area contributed by atoms with Crippen LogP contribution in [-0.2, 0) is 12.8 Å². The highest BCUT2D eigenvalue weighted by molar-refractivity contribution is 6.05. The van der Waals surface area contributed by atoms with Gasteiger partial charge in [0.1, 0.15) is 17.2 Å². The predicted octanol–water partition coefficient (Wildman–Crippen LogP) is 5.45. The Labute approximate surface area is 167 Å². The minimum Gasteiger partial charge on any atom is -0.477 e. The first-order chi connectivity index (χ1) is 13.9. The molecule has 2 aliphatic carbocycles. The van der Waals surface area contributed by atoms with E-state index in [4.69, 9.17) is 5.11 Å². The molecule has 0 aromatic heterocycles. The molecular weight excluding hydrogens is 376 g/mol. The standard InChI is InChI=1S/C23H23F2NO3/c24-18-11-17(12-19(25)21(18)23(28)29)26-22(27)16-9-14-7-3-1-5-13-6-2-4-8-15(10-16)20(13)14/h9-13H,1-8H2,(H,26,27)(H,28,29). The van der Waals surface area contributed by atoms with Crippen LogP contribution >= 0.6 is 0 Å². The van der Waals surface area contributed by atoms with Crippen LogP contribution in [0.5, 0.6) is 0 Å². The van der Waals surface area contributed by atoms with Gasteiger partial charge in [-0.05, 0) is 85.4 Å². The number of rotatable bonds is 3. The lowest BCUT2D eigenvalue weighted by molar-refractivity contribution is 0.0686. The van der Waals surface area contributed by atoms with Crippen molar-refractivity contribution in [3.8, 4) is 0 Å². The molecule has 2 aromatic rings. The third kappa shape index (κ3) is 3.88. The summed E-state index contributed by atoms with van der Waals surface area (Å²) in [6.07, 6.45) is 8.85. The molecule has 152 valence electrons. The van der Waals surface area contributed by atoms with Gasteiger partial charge in [-0.15, -0.1) is 0 Å². The molecule has 0 radical (unpaired) electrons. The third-order valence-electron chi connectivity index (χ3n) is 6.03. The highest BCUT2D eigenvalue weighted by atomic mass is 19.1. The number of halogens is 2. The number of anilines is 1. The highest BCUT2D eigenvalue weighted by Gasteiger charge is 2.26. The topological polar surface area (TPSA) is 66.4 Å². The van der Waals surface area contributed by atoms with Crippen LogP contribution in [0.2, 0.25) is 0 Å². The van der Waals surface area contributed by atoms with Gasteiger partial charge < -0.3 is 10.4 Å². The Hall–Kier alpha value is -2.76. The average molecular weight is 399 g/mol. The van der Waals surface area contributed by atoms with Gasteiger partial charge in [-0.3, -0.25) is 4.79 Å². The molecule has 2 N–H and O–H groups in total. The van der Waals surface area contributed by atoms with Crippen molar-refractivity contribution in [2.24, 2.45) is 0 Å². The van der Waals surface area contributed by atoms with E-state index in [2.05, 4.69) is 5.32 Å². The first-order valence-electron chi connectivity index (χ1n) is 10.1. The van der Waals surface area contributed by atoms with Crippen molar-refractivity contribution < 1.29 is 23.5 Å². The van der Waals surface area contributed by atoms with Crippen molar-refractivity contribution >= 4 is 17.6 Å². The number of benzene rings is 2. The van der Waals surface area contributed by atoms with Crippen LogP contribution in [0.25, 0.3) is 0 Å². The average Bonchev–Trinajstić information content (AvgIpc) is 2.98. The van der Waals surface area contributed by atoms with E-state index in [0.717, 1.165) is 37.8 Å². The molecule has 4 rings (SSSR count). The van der Waals surface area contributed by atoms with Gasteiger partial charge in [0, 0.05) is 11.3 Å². The van der Waals surface area contributed by atoms with Gasteiger partial charge in [0.25, 0.3) is 5.91 Å². The lowest BCUT2D eigenvalue weighted by Gasteiger charge is -2.20. The normalized spacial score (nSPS) is 16.5. The summed E-state index contributed by atoms with van der Waals surface area (Å²) in [7, 11) is 0. The number of carbonyl (C=O) groups is 2. The zero-order valence-electron chi connectivity index (χ0n) is 16.1. The van der Waals surface area contributed by atoms with E-state index >= 15 is 0 Å². The van der Waals surface area contributed by atoms with Crippen LogP contribution in [0.3, 0.4) is 0 Å². The van der Waals surface area contributed by atoms with E-state index in [-0.39, 0.29) is 5.69 Å². The molecule has 6 heteroatoms. The Bertz CT molecular complexity index is 930. The second-order valence-electron chi connectivity index (χ2n) is 7.97. The Kier molecular flexibility index (Phi) is 5.35. The van der Waals surface area contributed by atoms with Gasteiger partial charge in [0.05, 0.1) is 0 Å². The summed E-state index contributed by atoms with van der Waals surface area (Å²) in [6, 6.07) is 5.49. The van der Waals surface area contributed by atoms with Gasteiger partial charge in [-0.25, -0.2) is 13.6 Å². The minimum atomic E-state index is -1.69. The summed E-state index contributed by atoms with van der Waals surface area (Å²) in [5.41, 5.74) is 3.20. The summed E-state index contributed by atoms with van der Waals surface area (Å²) in [4.78, 5) is 23.7. The van der Waals surface area contributed by atoms with Crippen LogP contribution in [-0.4, -0.2) is 17.0 Å². The van der Waals surface area contributed by atoms with E-state index in [0.29, 0.717) is 11.5 Å². The van der Waals surface area contributed by atoms with Crippen molar-refractivity contribution in [1.82, 2.24) is 0 Å². The third-order valence-corrected chi connectivity index (χ3v) is 6.03. The molecule has 0 heterocycles. The second-order valence-corrected chi connectivity index (χ2v) is 7.97. The molecule has 29 heavy (non-hydrogen) atoms. The molecular formula is C23H23F2NO3. The maximum Gasteiger partial charge on any atom is 0.341 e. The van der Waals surface area contributed by atoms with Gasteiger partial charge in [-0.1, -0.05) is 12.8 Å². The molecule has 0 bridgehead atoms. The fraction of sp³-hybridized carbons (Fsp3) is 0.391. The Morgan fingerprint density at radius 3 is 1.97 bits per heavy atom. The molecule has 0 saturated heterocycles. The van der Waals surface area contributed by atoms with E-state index in [9.17, 15) is 18.4 Å². The fourth-order valence-electron chi connectivity index (χ4n) is 4.75. The van der Waals surface area contributed by atoms with E-state index in [1.807, 2.05) is 12.1 Å². The van der Waals surface area contributed by atoms with Gasteiger partial charge >= 0.3 is 5.97 Å². The number of amides is 1. The molecule has 2 aromatic carbocycles. The number of carboxylic acid groups (broad SMARTS) is 1. The predicted molar refractivity (Wildman–Crippen MR) is 106 cm³/mol. The Morgan fingerprint density at radius 2 is 1.45 bits per heavy atom. The summed E-state index contributed by atoms with van der Waals surface area (Å²) < 4.78 is 27.9. The molecule has 0 atom stereocenters. The smallest absolute Gasteiger partial charge is 0.341 e. The van der Waals surface area contributed by atoms with Crippen molar-refractivity contribution in [3.05, 3.63) is 63.7 Å². The maximum atomic E-state index is 13.9. The molecule has 0 saturated carbocycles. The van der Waals surface area contributed by atoms with Crippen molar-refractivity contribution in [3.63, 3.8) is 0 Å². The number of carbonyl (C=O) groups excluding carboxylic acids is 1. The maximum absolute atomic E-state index is 13.9. The van der Waals surface area contributed by atoms with Crippen LogP contribution < -0.4 is 5.32 Å².